The van der Waals surface area contributed by atoms with E-state index in [9.17, 15) is 9.18 Å². The Labute approximate surface area is 191 Å². The van der Waals surface area contributed by atoms with Crippen LogP contribution in [0.2, 0.25) is 0 Å². The molecule has 2 fully saturated rings. The van der Waals surface area contributed by atoms with E-state index in [0.29, 0.717) is 25.2 Å². The predicted molar refractivity (Wildman–Crippen MR) is 126 cm³/mol. The molecular weight excluding hydrogens is 401 g/mol. The van der Waals surface area contributed by atoms with Crippen LogP contribution in [0.1, 0.15) is 55.2 Å². The van der Waals surface area contributed by atoms with Crippen LogP contribution in [-0.2, 0) is 24.4 Å². The van der Waals surface area contributed by atoms with Crippen molar-refractivity contribution < 1.29 is 9.18 Å². The van der Waals surface area contributed by atoms with Crippen molar-refractivity contribution in [3.8, 4) is 0 Å². The first-order chi connectivity index (χ1) is 15.7. The fraction of sp³-hybridized carbons (Fsp3) is 0.519. The minimum Gasteiger partial charge on any atom is -0.352 e. The van der Waals surface area contributed by atoms with Crippen molar-refractivity contribution in [2.45, 2.75) is 58.2 Å². The Balaban J connectivity index is 1.27. The molecule has 2 aliphatic rings. The number of nitrogens with one attached hydrogen (secondary N) is 1. The summed E-state index contributed by atoms with van der Waals surface area (Å²) >= 11 is 0. The number of carbonyl (C=O) groups is 1. The Morgan fingerprint density at radius 2 is 1.62 bits per heavy atom. The lowest BCUT2D eigenvalue weighted by Gasteiger charge is -2.32. The Morgan fingerprint density at radius 3 is 2.44 bits per heavy atom. The Kier molecular flexibility index (Phi) is 8.30. The summed E-state index contributed by atoms with van der Waals surface area (Å²) in [6.45, 7) is 6.10. The van der Waals surface area contributed by atoms with E-state index in [1.807, 2.05) is 12.1 Å². The zero-order valence-electron chi connectivity index (χ0n) is 19.1. The van der Waals surface area contributed by atoms with E-state index in [2.05, 4.69) is 39.4 Å². The minimum absolute atomic E-state index is 0.0317. The number of hydrogen-bond acceptors (Lipinski definition) is 3. The second-order valence-electron chi connectivity index (χ2n) is 9.39. The van der Waals surface area contributed by atoms with Crippen LogP contribution < -0.4 is 5.32 Å². The number of nitrogens with zero attached hydrogens (tertiary/aromatic N) is 2. The van der Waals surface area contributed by atoms with Gasteiger partial charge in [-0.25, -0.2) is 4.39 Å². The number of benzene rings is 2. The summed E-state index contributed by atoms with van der Waals surface area (Å²) in [5, 5.41) is 3.15. The van der Waals surface area contributed by atoms with Gasteiger partial charge < -0.3 is 5.32 Å². The van der Waals surface area contributed by atoms with Gasteiger partial charge in [-0.1, -0.05) is 55.3 Å². The zero-order chi connectivity index (χ0) is 22.2. The quantitative estimate of drug-likeness (QED) is 0.680. The number of amides is 1. The highest BCUT2D eigenvalue weighted by atomic mass is 19.1. The van der Waals surface area contributed by atoms with Gasteiger partial charge in [0, 0.05) is 31.7 Å². The van der Waals surface area contributed by atoms with Crippen molar-refractivity contribution in [2.24, 2.45) is 5.92 Å². The van der Waals surface area contributed by atoms with E-state index in [1.54, 1.807) is 6.07 Å². The van der Waals surface area contributed by atoms with Crippen LogP contribution in [0.25, 0.3) is 0 Å². The van der Waals surface area contributed by atoms with Gasteiger partial charge in [-0.3, -0.25) is 14.6 Å². The standard InChI is InChI=1S/C27H36FN3O/c28-26-13-4-3-11-24(26)20-31-16-8-12-25(21-31)27(32)29-18-22-9-7-10-23(17-22)19-30-14-5-1-2-6-15-30/h3-4,7,9-11,13,17,25H,1-2,5-6,8,12,14-16,18-21H2,(H,29,32). The second-order valence-corrected chi connectivity index (χ2v) is 9.39. The van der Waals surface area contributed by atoms with Crippen LogP contribution in [0, 0.1) is 11.7 Å². The molecule has 1 unspecified atom stereocenters. The maximum atomic E-state index is 14.0. The number of hydrogen-bond donors (Lipinski definition) is 1. The highest BCUT2D eigenvalue weighted by molar-refractivity contribution is 5.79. The third kappa shape index (κ3) is 6.63. The molecule has 172 valence electrons. The van der Waals surface area contributed by atoms with Crippen LogP contribution in [0.15, 0.2) is 48.5 Å². The third-order valence-electron chi connectivity index (χ3n) is 6.79. The normalized spacial score (nSPS) is 20.6. The summed E-state index contributed by atoms with van der Waals surface area (Å²) in [4.78, 5) is 17.6. The summed E-state index contributed by atoms with van der Waals surface area (Å²) in [6.07, 6.45) is 7.16. The van der Waals surface area contributed by atoms with Crippen LogP contribution in [-0.4, -0.2) is 41.9 Å². The maximum Gasteiger partial charge on any atom is 0.224 e. The highest BCUT2D eigenvalue weighted by Crippen LogP contribution is 2.20. The molecule has 2 aromatic rings. The van der Waals surface area contributed by atoms with Crippen LogP contribution in [0.5, 0.6) is 0 Å². The lowest BCUT2D eigenvalue weighted by atomic mass is 9.96. The molecule has 0 radical (unpaired) electrons. The topological polar surface area (TPSA) is 35.6 Å². The second kappa shape index (κ2) is 11.6. The molecule has 0 aliphatic carbocycles. The largest absolute Gasteiger partial charge is 0.352 e. The van der Waals surface area contributed by atoms with Crippen molar-refractivity contribution in [2.75, 3.05) is 26.2 Å². The number of piperidine rings is 1. The number of likely N-dealkylation sites (tertiary alicyclic amines) is 2. The van der Waals surface area contributed by atoms with Gasteiger partial charge in [0.25, 0.3) is 0 Å². The fourth-order valence-corrected chi connectivity index (χ4v) is 5.00. The summed E-state index contributed by atoms with van der Waals surface area (Å²) < 4.78 is 14.0. The Bertz CT molecular complexity index is 879. The van der Waals surface area contributed by atoms with Crippen molar-refractivity contribution >= 4 is 5.91 Å². The zero-order valence-corrected chi connectivity index (χ0v) is 19.1. The molecule has 0 bridgehead atoms. The summed E-state index contributed by atoms with van der Waals surface area (Å²) in [6, 6.07) is 15.5. The van der Waals surface area contributed by atoms with Gasteiger partial charge in [-0.2, -0.15) is 0 Å². The molecule has 2 saturated heterocycles. The first-order valence-corrected chi connectivity index (χ1v) is 12.2. The smallest absolute Gasteiger partial charge is 0.224 e. The van der Waals surface area contributed by atoms with E-state index in [-0.39, 0.29) is 17.6 Å². The van der Waals surface area contributed by atoms with Gasteiger partial charge in [-0.05, 0) is 62.5 Å². The predicted octanol–water partition coefficient (Wildman–Crippen LogP) is 4.73. The highest BCUT2D eigenvalue weighted by Gasteiger charge is 2.26. The van der Waals surface area contributed by atoms with E-state index < -0.39 is 0 Å². The average Bonchev–Trinajstić information content (AvgIpc) is 3.08. The maximum absolute atomic E-state index is 14.0. The first-order valence-electron chi connectivity index (χ1n) is 12.2. The van der Waals surface area contributed by atoms with Gasteiger partial charge in [0.05, 0.1) is 5.92 Å². The molecule has 0 spiro atoms. The van der Waals surface area contributed by atoms with E-state index in [4.69, 9.17) is 0 Å². The first kappa shape index (κ1) is 22.9. The van der Waals surface area contributed by atoms with Gasteiger partial charge in [-0.15, -0.1) is 0 Å². The lowest BCUT2D eigenvalue weighted by molar-refractivity contribution is -0.126. The van der Waals surface area contributed by atoms with Gasteiger partial charge in [0.1, 0.15) is 5.82 Å². The molecule has 2 heterocycles. The average molecular weight is 438 g/mol. The number of halogens is 1. The van der Waals surface area contributed by atoms with Gasteiger partial charge >= 0.3 is 0 Å². The summed E-state index contributed by atoms with van der Waals surface area (Å²) in [5.74, 6) is -0.0870. The molecule has 0 aromatic heterocycles. The SMILES string of the molecule is O=C(NCc1cccc(CN2CCCCCC2)c1)C1CCCN(Cc2ccccc2F)C1. The molecule has 4 nitrogen and oxygen atoms in total. The number of rotatable bonds is 7. The molecule has 5 heteroatoms. The van der Waals surface area contributed by atoms with E-state index >= 15 is 0 Å². The van der Waals surface area contributed by atoms with E-state index in [0.717, 1.165) is 31.5 Å². The summed E-state index contributed by atoms with van der Waals surface area (Å²) in [7, 11) is 0. The van der Waals surface area contributed by atoms with Crippen molar-refractivity contribution in [1.82, 2.24) is 15.1 Å². The Morgan fingerprint density at radius 1 is 0.875 bits per heavy atom. The fourth-order valence-electron chi connectivity index (χ4n) is 5.00. The van der Waals surface area contributed by atoms with Gasteiger partial charge in [0.15, 0.2) is 0 Å². The Hall–Kier alpha value is -2.24. The molecule has 0 saturated carbocycles. The van der Waals surface area contributed by atoms with Crippen LogP contribution in [0.4, 0.5) is 4.39 Å². The monoisotopic (exact) mass is 437 g/mol. The van der Waals surface area contributed by atoms with Crippen LogP contribution >= 0.6 is 0 Å². The third-order valence-corrected chi connectivity index (χ3v) is 6.79. The molecule has 32 heavy (non-hydrogen) atoms. The van der Waals surface area contributed by atoms with Gasteiger partial charge in [0.2, 0.25) is 5.91 Å². The molecule has 2 aromatic carbocycles. The molecule has 4 rings (SSSR count). The van der Waals surface area contributed by atoms with E-state index in [1.165, 1.54) is 50.4 Å². The van der Waals surface area contributed by atoms with Crippen molar-refractivity contribution in [1.29, 1.82) is 0 Å². The number of carbonyl (C=O) groups excluding carboxylic acids is 1. The molecule has 1 N–H and O–H groups in total. The molecular formula is C27H36FN3O. The molecule has 1 amide bonds. The van der Waals surface area contributed by atoms with Crippen LogP contribution in [0.3, 0.4) is 0 Å². The van der Waals surface area contributed by atoms with Crippen molar-refractivity contribution in [3.63, 3.8) is 0 Å². The minimum atomic E-state index is -0.167. The molecule has 1 atom stereocenters. The lowest BCUT2D eigenvalue weighted by Crippen LogP contribution is -2.42. The molecule has 2 aliphatic heterocycles. The summed E-state index contributed by atoms with van der Waals surface area (Å²) in [5.41, 5.74) is 3.19. The van der Waals surface area contributed by atoms with Crippen molar-refractivity contribution in [3.05, 3.63) is 71.0 Å².